The lowest BCUT2D eigenvalue weighted by Gasteiger charge is -2.08. The molecule has 0 aliphatic heterocycles. The number of rotatable bonds is 3. The van der Waals surface area contributed by atoms with Gasteiger partial charge in [0.1, 0.15) is 0 Å². The van der Waals surface area contributed by atoms with E-state index in [0.717, 1.165) is 17.4 Å². The molecule has 0 atom stereocenters. The van der Waals surface area contributed by atoms with Crippen molar-refractivity contribution < 1.29 is 4.79 Å². The van der Waals surface area contributed by atoms with Gasteiger partial charge in [-0.15, -0.1) is 11.3 Å². The van der Waals surface area contributed by atoms with Crippen molar-refractivity contribution in [2.75, 3.05) is 5.32 Å². The first-order valence-electron chi connectivity index (χ1n) is 6.79. The Morgan fingerprint density at radius 3 is 2.77 bits per heavy atom. The fourth-order valence-electron chi connectivity index (χ4n) is 2.33. The zero-order chi connectivity index (χ0) is 15.7. The first kappa shape index (κ1) is 14.8. The van der Waals surface area contributed by atoms with Crippen LogP contribution in [0.15, 0.2) is 41.2 Å². The van der Waals surface area contributed by atoms with Gasteiger partial charge in [-0.1, -0.05) is 24.6 Å². The lowest BCUT2D eigenvalue weighted by Crippen LogP contribution is -2.11. The number of hydrogen-bond acceptors (Lipinski definition) is 3. The van der Waals surface area contributed by atoms with Gasteiger partial charge in [0.15, 0.2) is 0 Å². The maximum atomic E-state index is 12.1. The molecule has 112 valence electrons. The van der Waals surface area contributed by atoms with Crippen LogP contribution in [0.2, 0.25) is 4.34 Å². The molecule has 6 heteroatoms. The van der Waals surface area contributed by atoms with Gasteiger partial charge in [0.2, 0.25) is 5.56 Å². The van der Waals surface area contributed by atoms with Crippen LogP contribution in [0.3, 0.4) is 0 Å². The van der Waals surface area contributed by atoms with E-state index in [9.17, 15) is 9.59 Å². The van der Waals surface area contributed by atoms with Gasteiger partial charge < -0.3 is 10.3 Å². The molecular formula is C16H13ClN2O2S. The SMILES string of the molecule is CCc1cc(=O)[nH]c2cc(NC(=O)c3ccc(Cl)s3)ccc12. The number of carbonyl (C=O) groups excluding carboxylic acids is 1. The van der Waals surface area contributed by atoms with Crippen molar-refractivity contribution in [3.8, 4) is 0 Å². The Bertz CT molecular complexity index is 914. The van der Waals surface area contributed by atoms with Crippen LogP contribution in [0.5, 0.6) is 0 Å². The molecule has 2 heterocycles. The van der Waals surface area contributed by atoms with E-state index < -0.39 is 0 Å². The molecular weight excluding hydrogens is 320 g/mol. The number of thiophene rings is 1. The average molecular weight is 333 g/mol. The molecule has 3 rings (SSSR count). The molecule has 1 amide bonds. The standard InChI is InChI=1S/C16H13ClN2O2S/c1-2-9-7-15(20)19-12-8-10(3-4-11(9)12)18-16(21)13-5-6-14(17)22-13/h3-8H,2H2,1H3,(H,18,21)(H,19,20). The van der Waals surface area contributed by atoms with Crippen LogP contribution in [0.1, 0.15) is 22.2 Å². The monoisotopic (exact) mass is 332 g/mol. The molecule has 0 radical (unpaired) electrons. The fourth-order valence-corrected chi connectivity index (χ4v) is 3.27. The topological polar surface area (TPSA) is 62.0 Å². The van der Waals surface area contributed by atoms with Crippen LogP contribution in [0.4, 0.5) is 5.69 Å². The summed E-state index contributed by atoms with van der Waals surface area (Å²) >= 11 is 7.06. The molecule has 0 saturated heterocycles. The fraction of sp³-hybridized carbons (Fsp3) is 0.125. The summed E-state index contributed by atoms with van der Waals surface area (Å²) in [6.07, 6.45) is 0.778. The first-order valence-corrected chi connectivity index (χ1v) is 7.99. The van der Waals surface area contributed by atoms with Crippen LogP contribution in [-0.2, 0) is 6.42 Å². The van der Waals surface area contributed by atoms with Crippen molar-refractivity contribution in [1.29, 1.82) is 0 Å². The summed E-state index contributed by atoms with van der Waals surface area (Å²) in [5, 5.41) is 3.80. The van der Waals surface area contributed by atoms with Crippen LogP contribution in [0.25, 0.3) is 10.9 Å². The van der Waals surface area contributed by atoms with Crippen molar-refractivity contribution in [3.63, 3.8) is 0 Å². The summed E-state index contributed by atoms with van der Waals surface area (Å²) in [6.45, 7) is 2.00. The number of nitrogens with one attached hydrogen (secondary N) is 2. The Morgan fingerprint density at radius 1 is 1.27 bits per heavy atom. The molecule has 0 unspecified atom stereocenters. The predicted octanol–water partition coefficient (Wildman–Crippen LogP) is 4.06. The minimum absolute atomic E-state index is 0.141. The Kier molecular flexibility index (Phi) is 4.00. The van der Waals surface area contributed by atoms with E-state index in [4.69, 9.17) is 11.6 Å². The Morgan fingerprint density at radius 2 is 2.09 bits per heavy atom. The van der Waals surface area contributed by atoms with Gasteiger partial charge in [-0.05, 0) is 36.2 Å². The van der Waals surface area contributed by atoms with E-state index in [1.807, 2.05) is 19.1 Å². The van der Waals surface area contributed by atoms with E-state index in [1.165, 1.54) is 11.3 Å². The van der Waals surface area contributed by atoms with Crippen LogP contribution < -0.4 is 10.9 Å². The zero-order valence-electron chi connectivity index (χ0n) is 11.8. The first-order chi connectivity index (χ1) is 10.6. The second-order valence-corrected chi connectivity index (χ2v) is 6.55. The highest BCUT2D eigenvalue weighted by Crippen LogP contribution is 2.24. The van der Waals surface area contributed by atoms with Crippen molar-refractivity contribution in [3.05, 3.63) is 61.5 Å². The Hall–Kier alpha value is -2.11. The maximum absolute atomic E-state index is 12.1. The minimum atomic E-state index is -0.217. The van der Waals surface area contributed by atoms with Crippen LogP contribution in [-0.4, -0.2) is 10.9 Å². The number of hydrogen-bond donors (Lipinski definition) is 2. The lowest BCUT2D eigenvalue weighted by molar-refractivity contribution is 0.103. The molecule has 2 N–H and O–H groups in total. The smallest absolute Gasteiger partial charge is 0.265 e. The van der Waals surface area contributed by atoms with Gasteiger partial charge in [-0.2, -0.15) is 0 Å². The van der Waals surface area contributed by atoms with E-state index in [-0.39, 0.29) is 11.5 Å². The number of pyridine rings is 1. The number of H-pyrrole nitrogens is 1. The molecule has 22 heavy (non-hydrogen) atoms. The van der Waals surface area contributed by atoms with Gasteiger partial charge in [-0.25, -0.2) is 0 Å². The predicted molar refractivity (Wildman–Crippen MR) is 91.2 cm³/mol. The van der Waals surface area contributed by atoms with Crippen LogP contribution in [0, 0.1) is 0 Å². The molecule has 4 nitrogen and oxygen atoms in total. The molecule has 3 aromatic rings. The molecule has 1 aromatic carbocycles. The Labute approximate surface area is 135 Å². The van der Waals surface area contributed by atoms with E-state index >= 15 is 0 Å². The molecule has 0 fully saturated rings. The van der Waals surface area contributed by atoms with Gasteiger partial charge in [0.05, 0.1) is 14.7 Å². The highest BCUT2D eigenvalue weighted by molar-refractivity contribution is 7.18. The lowest BCUT2D eigenvalue weighted by atomic mass is 10.1. The summed E-state index contributed by atoms with van der Waals surface area (Å²) in [7, 11) is 0. The highest BCUT2D eigenvalue weighted by atomic mass is 35.5. The van der Waals surface area contributed by atoms with Crippen molar-refractivity contribution in [2.45, 2.75) is 13.3 Å². The Balaban J connectivity index is 1.95. The summed E-state index contributed by atoms with van der Waals surface area (Å²) in [6, 6.07) is 10.5. The van der Waals surface area contributed by atoms with E-state index in [0.29, 0.717) is 20.4 Å². The zero-order valence-corrected chi connectivity index (χ0v) is 13.3. The molecule has 0 aliphatic rings. The summed E-state index contributed by atoms with van der Waals surface area (Å²) < 4.78 is 0.570. The van der Waals surface area contributed by atoms with Crippen LogP contribution >= 0.6 is 22.9 Å². The molecule has 0 bridgehead atoms. The number of anilines is 1. The number of aromatic nitrogens is 1. The number of aryl methyl sites for hydroxylation is 1. The summed E-state index contributed by atoms with van der Waals surface area (Å²) in [5.74, 6) is -0.217. The number of aromatic amines is 1. The molecule has 0 spiro atoms. The molecule has 0 aliphatic carbocycles. The normalized spacial score (nSPS) is 10.8. The molecule has 2 aromatic heterocycles. The minimum Gasteiger partial charge on any atom is -0.322 e. The van der Waals surface area contributed by atoms with E-state index in [1.54, 1.807) is 24.3 Å². The van der Waals surface area contributed by atoms with Gasteiger partial charge >= 0.3 is 0 Å². The third kappa shape index (κ3) is 2.91. The van der Waals surface area contributed by atoms with Crippen molar-refractivity contribution in [2.24, 2.45) is 0 Å². The number of fused-ring (bicyclic) bond motifs is 1. The summed E-state index contributed by atoms with van der Waals surface area (Å²) in [5.41, 5.74) is 2.19. The third-order valence-electron chi connectivity index (χ3n) is 3.36. The van der Waals surface area contributed by atoms with Crippen molar-refractivity contribution >= 4 is 45.4 Å². The van der Waals surface area contributed by atoms with Gasteiger partial charge in [-0.3, -0.25) is 9.59 Å². The summed E-state index contributed by atoms with van der Waals surface area (Å²) in [4.78, 5) is 27.1. The molecule has 0 saturated carbocycles. The average Bonchev–Trinajstić information content (AvgIpc) is 2.92. The number of carbonyl (C=O) groups is 1. The van der Waals surface area contributed by atoms with E-state index in [2.05, 4.69) is 10.3 Å². The van der Waals surface area contributed by atoms with Crippen molar-refractivity contribution in [1.82, 2.24) is 4.98 Å². The largest absolute Gasteiger partial charge is 0.322 e. The number of amides is 1. The quantitative estimate of drug-likeness (QED) is 0.759. The van der Waals surface area contributed by atoms with Gasteiger partial charge in [0, 0.05) is 17.1 Å². The maximum Gasteiger partial charge on any atom is 0.265 e. The highest BCUT2D eigenvalue weighted by Gasteiger charge is 2.10. The second kappa shape index (κ2) is 5.94. The number of benzene rings is 1. The van der Waals surface area contributed by atoms with Gasteiger partial charge in [0.25, 0.3) is 5.91 Å². The third-order valence-corrected chi connectivity index (χ3v) is 4.59. The second-order valence-electron chi connectivity index (χ2n) is 4.83. The number of halogens is 1.